The van der Waals surface area contributed by atoms with Gasteiger partial charge in [-0.1, -0.05) is 24.3 Å². The van der Waals surface area contributed by atoms with Gasteiger partial charge < -0.3 is 15.2 Å². The van der Waals surface area contributed by atoms with E-state index in [9.17, 15) is 9.59 Å². The highest BCUT2D eigenvalue weighted by Gasteiger charge is 2.08. The first kappa shape index (κ1) is 17.4. The van der Waals surface area contributed by atoms with Crippen LogP contribution in [0.25, 0.3) is 11.4 Å². The Bertz CT molecular complexity index is 929. The van der Waals surface area contributed by atoms with Gasteiger partial charge in [-0.25, -0.2) is 4.98 Å². The van der Waals surface area contributed by atoms with Gasteiger partial charge in [0.15, 0.2) is 0 Å². The van der Waals surface area contributed by atoms with Crippen LogP contribution in [0.2, 0.25) is 0 Å². The van der Waals surface area contributed by atoms with Crippen molar-refractivity contribution in [3.8, 4) is 11.4 Å². The van der Waals surface area contributed by atoms with Crippen molar-refractivity contribution in [3.63, 3.8) is 0 Å². The molecule has 0 spiro atoms. The van der Waals surface area contributed by atoms with E-state index in [2.05, 4.69) is 15.6 Å². The van der Waals surface area contributed by atoms with E-state index in [0.717, 1.165) is 22.6 Å². The summed E-state index contributed by atoms with van der Waals surface area (Å²) in [6.07, 6.45) is 3.88. The predicted octanol–water partition coefficient (Wildman–Crippen LogP) is 3.23. The van der Waals surface area contributed by atoms with Gasteiger partial charge in [-0.15, -0.1) is 0 Å². The first-order chi connectivity index (χ1) is 12.5. The quantitative estimate of drug-likeness (QED) is 0.743. The SMILES string of the molecule is CC(=O)Nc1ccc(CC(=O)Nc2cccc(-c3nccn3C)c2)cc1. The fraction of sp³-hybridized carbons (Fsp3) is 0.150. The molecule has 1 heterocycles. The van der Waals surface area contributed by atoms with E-state index in [1.54, 1.807) is 18.3 Å². The van der Waals surface area contributed by atoms with Crippen molar-refractivity contribution in [1.29, 1.82) is 0 Å². The van der Waals surface area contributed by atoms with Gasteiger partial charge in [-0.3, -0.25) is 9.59 Å². The zero-order valence-corrected chi connectivity index (χ0v) is 14.7. The molecule has 2 amide bonds. The Labute approximate surface area is 151 Å². The van der Waals surface area contributed by atoms with Gasteiger partial charge in [0.1, 0.15) is 5.82 Å². The molecule has 2 aromatic carbocycles. The Kier molecular flexibility index (Phi) is 5.12. The van der Waals surface area contributed by atoms with Crippen LogP contribution < -0.4 is 10.6 Å². The fourth-order valence-corrected chi connectivity index (χ4v) is 2.68. The minimum Gasteiger partial charge on any atom is -0.334 e. The molecule has 3 aromatic rings. The second-order valence-corrected chi connectivity index (χ2v) is 6.05. The molecule has 26 heavy (non-hydrogen) atoms. The number of carbonyl (C=O) groups is 2. The number of benzene rings is 2. The van der Waals surface area contributed by atoms with Crippen molar-refractivity contribution in [2.75, 3.05) is 10.6 Å². The van der Waals surface area contributed by atoms with Gasteiger partial charge in [0.25, 0.3) is 0 Å². The van der Waals surface area contributed by atoms with Crippen LogP contribution in [0.3, 0.4) is 0 Å². The fourth-order valence-electron chi connectivity index (χ4n) is 2.68. The third kappa shape index (κ3) is 4.36. The lowest BCUT2D eigenvalue weighted by Gasteiger charge is -2.08. The van der Waals surface area contributed by atoms with Crippen LogP contribution in [0.5, 0.6) is 0 Å². The number of rotatable bonds is 5. The van der Waals surface area contributed by atoms with Crippen LogP contribution in [-0.2, 0) is 23.1 Å². The Morgan fingerprint density at radius 1 is 1.04 bits per heavy atom. The molecule has 0 radical (unpaired) electrons. The molecule has 0 saturated heterocycles. The monoisotopic (exact) mass is 348 g/mol. The molecule has 3 rings (SSSR count). The Morgan fingerprint density at radius 3 is 2.46 bits per heavy atom. The van der Waals surface area contributed by atoms with Crippen LogP contribution in [-0.4, -0.2) is 21.4 Å². The third-order valence-electron chi connectivity index (χ3n) is 3.86. The zero-order chi connectivity index (χ0) is 18.5. The van der Waals surface area contributed by atoms with E-state index in [0.29, 0.717) is 5.69 Å². The summed E-state index contributed by atoms with van der Waals surface area (Å²) in [5, 5.41) is 5.62. The van der Waals surface area contributed by atoms with Crippen LogP contribution in [0.4, 0.5) is 11.4 Å². The highest BCUT2D eigenvalue weighted by molar-refractivity contribution is 5.93. The molecule has 1 aromatic heterocycles. The molecule has 0 unspecified atom stereocenters. The molecule has 6 heteroatoms. The Morgan fingerprint density at radius 2 is 1.81 bits per heavy atom. The number of amides is 2. The maximum absolute atomic E-state index is 12.3. The van der Waals surface area contributed by atoms with Crippen LogP contribution in [0.15, 0.2) is 60.9 Å². The van der Waals surface area contributed by atoms with E-state index in [-0.39, 0.29) is 18.2 Å². The van der Waals surface area contributed by atoms with Crippen molar-refractivity contribution in [1.82, 2.24) is 9.55 Å². The molecular weight excluding hydrogens is 328 g/mol. The predicted molar refractivity (Wildman–Crippen MR) is 102 cm³/mol. The summed E-state index contributed by atoms with van der Waals surface area (Å²) in [4.78, 5) is 27.7. The minimum atomic E-state index is -0.122. The second kappa shape index (κ2) is 7.65. The Balaban J connectivity index is 1.65. The van der Waals surface area contributed by atoms with Crippen LogP contribution in [0.1, 0.15) is 12.5 Å². The van der Waals surface area contributed by atoms with E-state index in [1.165, 1.54) is 6.92 Å². The van der Waals surface area contributed by atoms with E-state index >= 15 is 0 Å². The van der Waals surface area contributed by atoms with Crippen molar-refractivity contribution >= 4 is 23.2 Å². The highest BCUT2D eigenvalue weighted by Crippen LogP contribution is 2.21. The van der Waals surface area contributed by atoms with Gasteiger partial charge in [-0.05, 0) is 29.8 Å². The number of nitrogens with one attached hydrogen (secondary N) is 2. The lowest BCUT2D eigenvalue weighted by atomic mass is 10.1. The molecule has 0 fully saturated rings. The number of hydrogen-bond donors (Lipinski definition) is 2. The zero-order valence-electron chi connectivity index (χ0n) is 14.7. The summed E-state index contributed by atoms with van der Waals surface area (Å²) in [7, 11) is 1.93. The Hall–Kier alpha value is -3.41. The van der Waals surface area contributed by atoms with Crippen molar-refractivity contribution in [2.24, 2.45) is 7.05 Å². The molecule has 2 N–H and O–H groups in total. The molecule has 132 valence electrons. The largest absolute Gasteiger partial charge is 0.334 e. The lowest BCUT2D eigenvalue weighted by molar-refractivity contribution is -0.116. The second-order valence-electron chi connectivity index (χ2n) is 6.05. The summed E-state index contributed by atoms with van der Waals surface area (Å²) >= 11 is 0. The number of anilines is 2. The first-order valence-corrected chi connectivity index (χ1v) is 8.25. The molecule has 0 aliphatic rings. The molecular formula is C20H20N4O2. The van der Waals surface area contributed by atoms with Crippen LogP contribution >= 0.6 is 0 Å². The molecule has 0 saturated carbocycles. The maximum atomic E-state index is 12.3. The molecule has 6 nitrogen and oxygen atoms in total. The number of aryl methyl sites for hydroxylation is 1. The van der Waals surface area contributed by atoms with Gasteiger partial charge in [-0.2, -0.15) is 0 Å². The number of carbonyl (C=O) groups excluding carboxylic acids is 2. The van der Waals surface area contributed by atoms with Crippen LogP contribution in [0, 0.1) is 0 Å². The van der Waals surface area contributed by atoms with E-state index < -0.39 is 0 Å². The third-order valence-corrected chi connectivity index (χ3v) is 3.86. The van der Waals surface area contributed by atoms with Crippen molar-refractivity contribution in [2.45, 2.75) is 13.3 Å². The average Bonchev–Trinajstić information content (AvgIpc) is 3.02. The normalized spacial score (nSPS) is 10.4. The lowest BCUT2D eigenvalue weighted by Crippen LogP contribution is -2.14. The number of nitrogens with zero attached hydrogens (tertiary/aromatic N) is 2. The van der Waals surface area contributed by atoms with E-state index in [4.69, 9.17) is 0 Å². The first-order valence-electron chi connectivity index (χ1n) is 8.25. The summed E-state index contributed by atoms with van der Waals surface area (Å²) in [6.45, 7) is 1.46. The van der Waals surface area contributed by atoms with Gasteiger partial charge in [0.2, 0.25) is 11.8 Å². The van der Waals surface area contributed by atoms with Crippen molar-refractivity contribution < 1.29 is 9.59 Å². The maximum Gasteiger partial charge on any atom is 0.228 e. The van der Waals surface area contributed by atoms with Crippen molar-refractivity contribution in [3.05, 3.63) is 66.5 Å². The summed E-state index contributed by atoms with van der Waals surface area (Å²) in [6, 6.07) is 14.8. The van der Waals surface area contributed by atoms with Gasteiger partial charge in [0, 0.05) is 43.3 Å². The smallest absolute Gasteiger partial charge is 0.228 e. The summed E-state index contributed by atoms with van der Waals surface area (Å²) < 4.78 is 1.93. The molecule has 0 aliphatic heterocycles. The van der Waals surface area contributed by atoms with Gasteiger partial charge in [0.05, 0.1) is 6.42 Å². The summed E-state index contributed by atoms with van der Waals surface area (Å²) in [5.41, 5.74) is 3.25. The standard InChI is InChI=1S/C20H20N4O2/c1-14(25)22-17-8-6-15(7-9-17)12-19(26)23-18-5-3-4-16(13-18)20-21-10-11-24(20)2/h3-11,13H,12H2,1-2H3,(H,22,25)(H,23,26). The van der Waals surface area contributed by atoms with E-state index in [1.807, 2.05) is 54.2 Å². The molecule has 0 aliphatic carbocycles. The minimum absolute atomic E-state index is 0.103. The number of imidazole rings is 1. The molecule has 0 atom stereocenters. The number of aromatic nitrogens is 2. The topological polar surface area (TPSA) is 76.0 Å². The average molecular weight is 348 g/mol. The molecule has 0 bridgehead atoms. The highest BCUT2D eigenvalue weighted by atomic mass is 16.2. The van der Waals surface area contributed by atoms with Gasteiger partial charge >= 0.3 is 0 Å². The summed E-state index contributed by atoms with van der Waals surface area (Å²) in [5.74, 6) is 0.618. The number of hydrogen-bond acceptors (Lipinski definition) is 3.